The summed E-state index contributed by atoms with van der Waals surface area (Å²) in [7, 11) is 0. The van der Waals surface area contributed by atoms with Gasteiger partial charge in [0.25, 0.3) is 0 Å². The average Bonchev–Trinajstić information content (AvgIpc) is 3.37. The Labute approximate surface area is 443 Å². The Morgan fingerprint density at radius 2 is 0.863 bits per heavy atom. The second kappa shape index (κ2) is 49.3. The zero-order valence-electron chi connectivity index (χ0n) is 46.1. The molecule has 3 N–H and O–H groups in total. The van der Waals surface area contributed by atoms with E-state index in [1.54, 1.807) is 0 Å². The highest BCUT2D eigenvalue weighted by Crippen LogP contribution is 2.26. The predicted molar refractivity (Wildman–Crippen MR) is 294 cm³/mol. The molecule has 0 aromatic carbocycles. The zero-order chi connectivity index (χ0) is 53.3. The van der Waals surface area contributed by atoms with Crippen molar-refractivity contribution in [3.05, 3.63) is 60.8 Å². The Morgan fingerprint density at radius 1 is 0.466 bits per heavy atom. The molecule has 12 heteroatoms. The number of aliphatic hydroxyl groups is 2. The summed E-state index contributed by atoms with van der Waals surface area (Å²) in [6.45, 7) is 5.83. The van der Waals surface area contributed by atoms with E-state index in [1.807, 2.05) is 0 Å². The zero-order valence-corrected chi connectivity index (χ0v) is 46.1. The van der Waals surface area contributed by atoms with Crippen LogP contribution in [0.3, 0.4) is 0 Å². The lowest BCUT2D eigenvalue weighted by molar-refractivity contribution is -0.301. The number of carboxylic acid groups (broad SMARTS) is 1. The van der Waals surface area contributed by atoms with E-state index in [0.29, 0.717) is 19.3 Å². The van der Waals surface area contributed by atoms with Gasteiger partial charge in [0, 0.05) is 19.3 Å². The Morgan fingerprint density at radius 3 is 1.34 bits per heavy atom. The number of hydrogen-bond donors (Lipinski definition) is 3. The molecule has 0 radical (unpaired) electrons. The van der Waals surface area contributed by atoms with E-state index in [1.165, 1.54) is 77.0 Å². The van der Waals surface area contributed by atoms with Gasteiger partial charge in [-0.2, -0.15) is 0 Å². The van der Waals surface area contributed by atoms with E-state index in [2.05, 4.69) is 81.5 Å². The summed E-state index contributed by atoms with van der Waals surface area (Å²) in [5.41, 5.74) is 0. The first kappa shape index (κ1) is 67.4. The molecule has 1 rings (SSSR count). The molecule has 0 saturated carbocycles. The number of aliphatic carboxylic acids is 1. The molecular weight excluding hydrogens is 925 g/mol. The van der Waals surface area contributed by atoms with Crippen LogP contribution in [0.1, 0.15) is 252 Å². The number of unbranched alkanes of at least 4 members (excludes halogenated alkanes) is 25. The van der Waals surface area contributed by atoms with Gasteiger partial charge in [0.15, 0.2) is 24.6 Å². The van der Waals surface area contributed by atoms with Crippen LogP contribution in [-0.4, -0.2) is 89.2 Å². The van der Waals surface area contributed by atoms with Crippen molar-refractivity contribution in [2.45, 2.75) is 289 Å². The summed E-state index contributed by atoms with van der Waals surface area (Å²) in [5.74, 6) is -3.15. The molecule has 1 fully saturated rings. The number of rotatable bonds is 49. The lowest BCUT2D eigenvalue weighted by Crippen LogP contribution is -2.61. The Balaban J connectivity index is 2.71. The van der Waals surface area contributed by atoms with Gasteiger partial charge in [-0.1, -0.05) is 210 Å². The van der Waals surface area contributed by atoms with E-state index in [0.717, 1.165) is 116 Å². The van der Waals surface area contributed by atoms with Gasteiger partial charge in [0.1, 0.15) is 18.8 Å². The van der Waals surface area contributed by atoms with Crippen molar-refractivity contribution in [3.8, 4) is 0 Å². The SMILES string of the molecule is CC/C=C\C/C=C\C/C=C\C/C=C\CCCCCCC(=O)OCC(COC1OC(C(=O)O)C(O)C(O)C1OC(=O)CCCCCCCCCCCCCCC)OC(=O)CCCCCCC/C=C\CCCCCC. The number of hydrogen-bond acceptors (Lipinski definition) is 11. The Bertz CT molecular complexity index is 1500. The van der Waals surface area contributed by atoms with Gasteiger partial charge in [-0.3, -0.25) is 14.4 Å². The van der Waals surface area contributed by atoms with Crippen molar-refractivity contribution in [1.29, 1.82) is 0 Å². The van der Waals surface area contributed by atoms with Gasteiger partial charge in [0.05, 0.1) is 6.61 Å². The molecule has 12 nitrogen and oxygen atoms in total. The molecule has 6 unspecified atom stereocenters. The average molecular weight is 1030 g/mol. The third kappa shape index (κ3) is 39.5. The van der Waals surface area contributed by atoms with Gasteiger partial charge in [0.2, 0.25) is 0 Å². The molecule has 1 saturated heterocycles. The topological polar surface area (TPSA) is 175 Å². The van der Waals surface area contributed by atoms with E-state index < -0.39 is 67.3 Å². The number of esters is 3. The van der Waals surface area contributed by atoms with E-state index in [-0.39, 0.29) is 25.9 Å². The fourth-order valence-corrected chi connectivity index (χ4v) is 8.59. The number of ether oxygens (including phenoxy) is 5. The number of carboxylic acids is 1. The second-order valence-electron chi connectivity index (χ2n) is 19.9. The lowest BCUT2D eigenvalue weighted by Gasteiger charge is -2.40. The number of aliphatic hydroxyl groups excluding tert-OH is 2. The summed E-state index contributed by atoms with van der Waals surface area (Å²) in [4.78, 5) is 51.1. The summed E-state index contributed by atoms with van der Waals surface area (Å²) in [6.07, 6.45) is 47.6. The Kier molecular flexibility index (Phi) is 45.5. The molecule has 73 heavy (non-hydrogen) atoms. The predicted octanol–water partition coefficient (Wildman–Crippen LogP) is 14.8. The van der Waals surface area contributed by atoms with Gasteiger partial charge in [-0.25, -0.2) is 4.79 Å². The molecule has 0 amide bonds. The monoisotopic (exact) mass is 1030 g/mol. The standard InChI is InChI=1S/C61H104O12/c1-4-7-10-13-16-19-22-25-26-27-28-31-32-35-38-41-44-47-53(62)69-50-52(71-54(63)48-45-42-39-36-33-29-23-20-17-14-11-8-5-2)51-70-61-59(57(66)56(65)58(73-61)60(67)68)72-55(64)49-46-43-40-37-34-30-24-21-18-15-12-9-6-3/h7,10,16,19-20,23,25-26,28,31,52,56-59,61,65-66H,4-6,8-9,11-15,17-18,21-22,24,27,29-30,32-51H2,1-3H3,(H,67,68)/b10-7-,19-16-,23-20-,26-25-,31-28-. The highest BCUT2D eigenvalue weighted by Gasteiger charge is 2.50. The highest BCUT2D eigenvalue weighted by atomic mass is 16.7. The van der Waals surface area contributed by atoms with E-state index >= 15 is 0 Å². The first-order chi connectivity index (χ1) is 35.6. The van der Waals surface area contributed by atoms with Crippen LogP contribution in [0.25, 0.3) is 0 Å². The summed E-state index contributed by atoms with van der Waals surface area (Å²) < 4.78 is 28.4. The first-order valence-corrected chi connectivity index (χ1v) is 29.3. The van der Waals surface area contributed by atoms with E-state index in [4.69, 9.17) is 23.7 Å². The third-order valence-electron chi connectivity index (χ3n) is 13.1. The molecule has 420 valence electrons. The van der Waals surface area contributed by atoms with Gasteiger partial charge in [-0.15, -0.1) is 0 Å². The van der Waals surface area contributed by atoms with Crippen molar-refractivity contribution < 1.29 is 58.2 Å². The van der Waals surface area contributed by atoms with Crippen LogP contribution in [0.2, 0.25) is 0 Å². The molecule has 1 aliphatic heterocycles. The lowest BCUT2D eigenvalue weighted by atomic mass is 9.98. The molecule has 0 aromatic heterocycles. The van der Waals surface area contributed by atoms with Crippen molar-refractivity contribution in [2.24, 2.45) is 0 Å². The van der Waals surface area contributed by atoms with Gasteiger partial charge in [-0.05, 0) is 83.5 Å². The first-order valence-electron chi connectivity index (χ1n) is 29.3. The minimum absolute atomic E-state index is 0.0594. The molecule has 6 atom stereocenters. The largest absolute Gasteiger partial charge is 0.479 e. The van der Waals surface area contributed by atoms with Crippen LogP contribution in [0.4, 0.5) is 0 Å². The normalized spacial score (nSPS) is 18.7. The minimum Gasteiger partial charge on any atom is -0.479 e. The summed E-state index contributed by atoms with van der Waals surface area (Å²) in [5, 5.41) is 31.4. The maximum absolute atomic E-state index is 13.1. The van der Waals surface area contributed by atoms with Gasteiger partial charge < -0.3 is 39.0 Å². The highest BCUT2D eigenvalue weighted by molar-refractivity contribution is 5.74. The fraction of sp³-hybridized carbons (Fsp3) is 0.770. The summed E-state index contributed by atoms with van der Waals surface area (Å²) >= 11 is 0. The van der Waals surface area contributed by atoms with Crippen molar-refractivity contribution in [3.63, 3.8) is 0 Å². The molecule has 0 spiro atoms. The van der Waals surface area contributed by atoms with Crippen LogP contribution in [0.5, 0.6) is 0 Å². The molecule has 1 heterocycles. The second-order valence-corrected chi connectivity index (χ2v) is 19.9. The maximum Gasteiger partial charge on any atom is 0.335 e. The number of carbonyl (C=O) groups excluding carboxylic acids is 3. The van der Waals surface area contributed by atoms with Crippen LogP contribution >= 0.6 is 0 Å². The van der Waals surface area contributed by atoms with Crippen molar-refractivity contribution in [1.82, 2.24) is 0 Å². The third-order valence-corrected chi connectivity index (χ3v) is 13.1. The van der Waals surface area contributed by atoms with Gasteiger partial charge >= 0.3 is 23.9 Å². The molecule has 0 aliphatic carbocycles. The van der Waals surface area contributed by atoms with Crippen molar-refractivity contribution >= 4 is 23.9 Å². The summed E-state index contributed by atoms with van der Waals surface area (Å²) in [6, 6.07) is 0. The molecule has 0 aromatic rings. The smallest absolute Gasteiger partial charge is 0.335 e. The maximum atomic E-state index is 13.1. The van der Waals surface area contributed by atoms with E-state index in [9.17, 15) is 34.5 Å². The fourth-order valence-electron chi connectivity index (χ4n) is 8.59. The van der Waals surface area contributed by atoms with Crippen molar-refractivity contribution in [2.75, 3.05) is 13.2 Å². The minimum atomic E-state index is -1.90. The van der Waals surface area contributed by atoms with Crippen LogP contribution in [-0.2, 0) is 42.9 Å². The quantitative estimate of drug-likeness (QED) is 0.0228. The molecular formula is C61H104O12. The van der Waals surface area contributed by atoms with Crippen LogP contribution in [0, 0.1) is 0 Å². The van der Waals surface area contributed by atoms with Crippen LogP contribution in [0.15, 0.2) is 60.8 Å². The number of carbonyl (C=O) groups is 4. The number of allylic oxidation sites excluding steroid dienone is 10. The molecule has 1 aliphatic rings. The Hall–Kier alpha value is -3.58. The van der Waals surface area contributed by atoms with Crippen LogP contribution < -0.4 is 0 Å². The molecule has 0 bridgehead atoms.